The Bertz CT molecular complexity index is 948. The van der Waals surface area contributed by atoms with Gasteiger partial charge in [-0.15, -0.1) is 0 Å². The predicted molar refractivity (Wildman–Crippen MR) is 127 cm³/mol. The second-order valence-electron chi connectivity index (χ2n) is 9.57. The van der Waals surface area contributed by atoms with Crippen LogP contribution in [0.25, 0.3) is 0 Å². The van der Waals surface area contributed by atoms with Crippen LogP contribution < -0.4 is 10.6 Å². The Morgan fingerprint density at radius 2 is 1.94 bits per heavy atom. The van der Waals surface area contributed by atoms with Crippen molar-refractivity contribution in [2.24, 2.45) is 17.3 Å². The van der Waals surface area contributed by atoms with Gasteiger partial charge in [-0.1, -0.05) is 51.8 Å². The van der Waals surface area contributed by atoms with E-state index in [1.54, 1.807) is 0 Å². The van der Waals surface area contributed by atoms with Crippen LogP contribution in [0.15, 0.2) is 83.8 Å². The molecule has 0 bridgehead atoms. The average Bonchev–Trinajstić information content (AvgIpc) is 3.34. The number of alkyl halides is 1. The van der Waals surface area contributed by atoms with Gasteiger partial charge in [-0.05, 0) is 60.5 Å². The molecule has 0 spiro atoms. The van der Waals surface area contributed by atoms with Crippen molar-refractivity contribution < 1.29 is 9.18 Å². The van der Waals surface area contributed by atoms with Gasteiger partial charge in [-0.2, -0.15) is 0 Å². The molecule has 2 heterocycles. The third-order valence-electron chi connectivity index (χ3n) is 6.94. The summed E-state index contributed by atoms with van der Waals surface area (Å²) in [6, 6.07) is -0.381. The van der Waals surface area contributed by atoms with Crippen molar-refractivity contribution in [1.82, 2.24) is 10.6 Å². The summed E-state index contributed by atoms with van der Waals surface area (Å²) in [6.45, 7) is 24.3. The van der Waals surface area contributed by atoms with Crippen LogP contribution in [0.3, 0.4) is 0 Å². The molecule has 0 radical (unpaired) electrons. The molecule has 4 atom stereocenters. The third kappa shape index (κ3) is 3.77. The fraction of sp³-hybridized carbons (Fsp3) is 0.444. The maximum Gasteiger partial charge on any atom is 0.183 e. The Hall–Kier alpha value is -2.62. The standard InChI is InChI=1S/C27H35FN2O/c1-15(2)11-27(24-14-29-20(8)26(24)31)10-9-21(19(27)7)25-18(6)23(13-30-25)22(12-28)17(5)16(3)4/h9,13-15,20,22,25,29-30H,3,5-7,10-12H2,1-2,4,8H3/t20-,22-,25+,27-/m0/s1. The van der Waals surface area contributed by atoms with Crippen molar-refractivity contribution in [3.63, 3.8) is 0 Å². The molecule has 3 rings (SSSR count). The monoisotopic (exact) mass is 422 g/mol. The highest BCUT2D eigenvalue weighted by atomic mass is 19.1. The van der Waals surface area contributed by atoms with Gasteiger partial charge in [0.15, 0.2) is 5.78 Å². The maximum atomic E-state index is 13.9. The highest BCUT2D eigenvalue weighted by Crippen LogP contribution is 2.54. The molecule has 0 unspecified atom stereocenters. The second-order valence-corrected chi connectivity index (χ2v) is 9.57. The van der Waals surface area contributed by atoms with Crippen LogP contribution in [0.4, 0.5) is 4.39 Å². The summed E-state index contributed by atoms with van der Waals surface area (Å²) in [5.74, 6) is 0.0865. The first kappa shape index (κ1) is 23.1. The van der Waals surface area contributed by atoms with Gasteiger partial charge in [0.1, 0.15) is 6.67 Å². The largest absolute Gasteiger partial charge is 0.381 e. The van der Waals surface area contributed by atoms with E-state index in [1.165, 1.54) is 0 Å². The molecule has 0 aromatic rings. The van der Waals surface area contributed by atoms with E-state index in [9.17, 15) is 9.18 Å². The van der Waals surface area contributed by atoms with Crippen LogP contribution in [-0.2, 0) is 4.79 Å². The molecular formula is C27H35FN2O. The first-order chi connectivity index (χ1) is 14.5. The second kappa shape index (κ2) is 8.49. The number of rotatable bonds is 8. The van der Waals surface area contributed by atoms with Gasteiger partial charge in [0.05, 0.1) is 12.1 Å². The van der Waals surface area contributed by atoms with Crippen LogP contribution in [0.5, 0.6) is 0 Å². The number of carbonyl (C=O) groups is 1. The molecule has 0 saturated carbocycles. The Morgan fingerprint density at radius 1 is 1.26 bits per heavy atom. The van der Waals surface area contributed by atoms with E-state index in [-0.39, 0.29) is 17.9 Å². The Labute approximate surface area is 186 Å². The minimum absolute atomic E-state index is 0.142. The van der Waals surface area contributed by atoms with Gasteiger partial charge in [-0.3, -0.25) is 9.18 Å². The number of hydrogen-bond acceptors (Lipinski definition) is 3. The van der Waals surface area contributed by atoms with E-state index >= 15 is 0 Å². The van der Waals surface area contributed by atoms with E-state index in [2.05, 4.69) is 56.9 Å². The van der Waals surface area contributed by atoms with Crippen molar-refractivity contribution in [1.29, 1.82) is 0 Å². The number of Topliss-reactive ketones (excluding diaryl/α,β-unsaturated/α-hetero) is 1. The first-order valence-electron chi connectivity index (χ1n) is 11.0. The predicted octanol–water partition coefficient (Wildman–Crippen LogP) is 5.48. The summed E-state index contributed by atoms with van der Waals surface area (Å²) in [4.78, 5) is 12.9. The normalized spacial score (nSPS) is 28.8. The molecule has 4 heteroatoms. The zero-order valence-electron chi connectivity index (χ0n) is 19.3. The zero-order chi connectivity index (χ0) is 23.1. The fourth-order valence-corrected chi connectivity index (χ4v) is 5.14. The first-order valence-corrected chi connectivity index (χ1v) is 11.0. The highest BCUT2D eigenvalue weighted by molar-refractivity contribution is 6.03. The SMILES string of the molecule is C=C(C)C(=C)[C@H](CF)C1=CN[C@@H](C2=CC[C@@](CC(C)C)(C3=CN[C@@H](C)C3=O)C2=C)C1=C. The van der Waals surface area contributed by atoms with Crippen LogP contribution in [0.1, 0.15) is 40.5 Å². The highest BCUT2D eigenvalue weighted by Gasteiger charge is 2.48. The molecule has 0 amide bonds. The van der Waals surface area contributed by atoms with E-state index in [4.69, 9.17) is 0 Å². The molecule has 0 aromatic carbocycles. The molecular weight excluding hydrogens is 387 g/mol. The third-order valence-corrected chi connectivity index (χ3v) is 6.94. The summed E-state index contributed by atoms with van der Waals surface area (Å²) in [5, 5.41) is 6.57. The maximum absolute atomic E-state index is 13.9. The van der Waals surface area contributed by atoms with Crippen LogP contribution in [0.2, 0.25) is 0 Å². The van der Waals surface area contributed by atoms with Crippen LogP contribution in [0, 0.1) is 17.3 Å². The van der Waals surface area contributed by atoms with E-state index in [0.29, 0.717) is 11.5 Å². The van der Waals surface area contributed by atoms with E-state index < -0.39 is 18.0 Å². The molecule has 3 nitrogen and oxygen atoms in total. The van der Waals surface area contributed by atoms with Crippen molar-refractivity contribution >= 4 is 5.78 Å². The molecule has 31 heavy (non-hydrogen) atoms. The Morgan fingerprint density at radius 3 is 2.45 bits per heavy atom. The van der Waals surface area contributed by atoms with E-state index in [0.717, 1.165) is 46.3 Å². The quantitative estimate of drug-likeness (QED) is 0.509. The van der Waals surface area contributed by atoms with Gasteiger partial charge in [0.2, 0.25) is 0 Å². The van der Waals surface area contributed by atoms with Gasteiger partial charge < -0.3 is 10.6 Å². The lowest BCUT2D eigenvalue weighted by molar-refractivity contribution is -0.117. The average molecular weight is 423 g/mol. The van der Waals surface area contributed by atoms with Gasteiger partial charge >= 0.3 is 0 Å². The molecule has 0 fully saturated rings. The number of nitrogens with one attached hydrogen (secondary N) is 2. The topological polar surface area (TPSA) is 41.1 Å². The summed E-state index contributed by atoms with van der Waals surface area (Å²) in [7, 11) is 0. The number of ketones is 1. The number of carbonyl (C=O) groups excluding carboxylic acids is 1. The summed E-state index contributed by atoms with van der Waals surface area (Å²) in [6.07, 6.45) is 7.49. The van der Waals surface area contributed by atoms with Gasteiger partial charge in [0.25, 0.3) is 0 Å². The molecule has 0 saturated heterocycles. The molecule has 166 valence electrons. The summed E-state index contributed by atoms with van der Waals surface area (Å²) < 4.78 is 13.9. The molecule has 0 aromatic heterocycles. The van der Waals surface area contributed by atoms with Crippen molar-refractivity contribution in [2.75, 3.05) is 6.67 Å². The van der Waals surface area contributed by atoms with Gasteiger partial charge in [0, 0.05) is 29.3 Å². The molecule has 2 aliphatic heterocycles. The van der Waals surface area contributed by atoms with Crippen molar-refractivity contribution in [2.45, 2.75) is 52.6 Å². The summed E-state index contributed by atoms with van der Waals surface area (Å²) >= 11 is 0. The molecule has 2 N–H and O–H groups in total. The number of halogens is 1. The Balaban J connectivity index is 1.88. The number of hydrogen-bond donors (Lipinski definition) is 2. The van der Waals surface area contributed by atoms with Crippen molar-refractivity contribution in [3.8, 4) is 0 Å². The molecule has 1 aliphatic carbocycles. The van der Waals surface area contributed by atoms with Crippen LogP contribution in [-0.4, -0.2) is 24.5 Å². The fourth-order valence-electron chi connectivity index (χ4n) is 5.14. The van der Waals surface area contributed by atoms with Gasteiger partial charge in [-0.25, -0.2) is 0 Å². The number of allylic oxidation sites excluding steroid dienone is 3. The smallest absolute Gasteiger partial charge is 0.183 e. The minimum atomic E-state index is -0.548. The lowest BCUT2D eigenvalue weighted by atomic mass is 9.67. The van der Waals surface area contributed by atoms with E-state index in [1.807, 2.05) is 26.2 Å². The lowest BCUT2D eigenvalue weighted by Crippen LogP contribution is -2.33. The van der Waals surface area contributed by atoms with Crippen molar-refractivity contribution in [3.05, 3.63) is 83.8 Å². The molecule has 3 aliphatic rings. The van der Waals surface area contributed by atoms with Crippen LogP contribution >= 0.6 is 0 Å². The summed E-state index contributed by atoms with van der Waals surface area (Å²) in [5.41, 5.74) is 5.52. The zero-order valence-corrected chi connectivity index (χ0v) is 19.3. The Kier molecular flexibility index (Phi) is 6.31. The lowest BCUT2D eigenvalue weighted by Gasteiger charge is -2.35. The minimum Gasteiger partial charge on any atom is -0.381 e.